The van der Waals surface area contributed by atoms with Crippen LogP contribution in [-0.4, -0.2) is 62.3 Å². The van der Waals surface area contributed by atoms with E-state index in [4.69, 9.17) is 9.84 Å². The second-order valence-corrected chi connectivity index (χ2v) is 7.38. The Morgan fingerprint density at radius 3 is 2.52 bits per heavy atom. The molecule has 25 heavy (non-hydrogen) atoms. The third-order valence-corrected chi connectivity index (χ3v) is 5.20. The normalized spacial score (nSPS) is 18.8. The standard InChI is InChI=1S/C14H17F3N2O5S/c15-14(16,17)25(22,23)12-3-1-11(2-4-12)24-8-5-10-9-19(13(20)21)7-6-18-10/h1-4,10,18H,5-9H2,(H,20,21)/t10-/m1/s1. The van der Waals surface area contributed by atoms with E-state index in [9.17, 15) is 26.4 Å². The molecule has 11 heteroatoms. The molecule has 140 valence electrons. The molecule has 0 radical (unpaired) electrons. The summed E-state index contributed by atoms with van der Waals surface area (Å²) >= 11 is 0. The number of piperazine rings is 1. The molecule has 1 saturated heterocycles. The third-order valence-electron chi connectivity index (χ3n) is 3.70. The van der Waals surface area contributed by atoms with E-state index in [1.165, 1.54) is 4.90 Å². The molecule has 0 unspecified atom stereocenters. The Hall–Kier alpha value is -2.01. The van der Waals surface area contributed by atoms with Crippen LogP contribution in [0.4, 0.5) is 18.0 Å². The Labute approximate surface area is 142 Å². The van der Waals surface area contributed by atoms with Crippen LogP contribution >= 0.6 is 0 Å². The fourth-order valence-corrected chi connectivity index (χ4v) is 3.12. The van der Waals surface area contributed by atoms with Crippen molar-refractivity contribution in [1.29, 1.82) is 0 Å². The van der Waals surface area contributed by atoms with Gasteiger partial charge in [0.25, 0.3) is 9.84 Å². The van der Waals surface area contributed by atoms with Gasteiger partial charge in [-0.3, -0.25) is 0 Å². The third kappa shape index (κ3) is 4.75. The smallest absolute Gasteiger partial charge is 0.494 e. The molecule has 1 aliphatic rings. The number of carboxylic acid groups (broad SMARTS) is 1. The number of sulfone groups is 1. The Kier molecular flexibility index (Phi) is 5.78. The molecule has 1 atom stereocenters. The lowest BCUT2D eigenvalue weighted by Gasteiger charge is -2.31. The minimum atomic E-state index is -5.37. The van der Waals surface area contributed by atoms with Gasteiger partial charge in [0.15, 0.2) is 0 Å². The predicted molar refractivity (Wildman–Crippen MR) is 81.2 cm³/mol. The Morgan fingerprint density at radius 1 is 1.32 bits per heavy atom. The molecular formula is C14H17F3N2O5S. The molecule has 0 bridgehead atoms. The van der Waals surface area contributed by atoms with Crippen LogP contribution in [0.1, 0.15) is 6.42 Å². The van der Waals surface area contributed by atoms with Crippen molar-refractivity contribution in [1.82, 2.24) is 10.2 Å². The zero-order chi connectivity index (χ0) is 18.7. The summed E-state index contributed by atoms with van der Waals surface area (Å²) in [6.45, 7) is 1.46. The van der Waals surface area contributed by atoms with Crippen molar-refractivity contribution >= 4 is 15.9 Å². The zero-order valence-corrected chi connectivity index (χ0v) is 13.8. The van der Waals surface area contributed by atoms with Crippen molar-refractivity contribution in [3.8, 4) is 5.75 Å². The number of amides is 1. The van der Waals surface area contributed by atoms with Gasteiger partial charge >= 0.3 is 11.6 Å². The van der Waals surface area contributed by atoms with Gasteiger partial charge in [-0.1, -0.05) is 0 Å². The van der Waals surface area contributed by atoms with E-state index in [-0.39, 0.29) is 18.4 Å². The van der Waals surface area contributed by atoms with E-state index in [2.05, 4.69) is 5.32 Å². The lowest BCUT2D eigenvalue weighted by Crippen LogP contribution is -2.52. The van der Waals surface area contributed by atoms with Gasteiger partial charge in [0, 0.05) is 25.7 Å². The fraction of sp³-hybridized carbons (Fsp3) is 0.500. The molecule has 0 spiro atoms. The van der Waals surface area contributed by atoms with Crippen LogP contribution in [0.2, 0.25) is 0 Å². The van der Waals surface area contributed by atoms with Crippen molar-refractivity contribution in [2.24, 2.45) is 0 Å². The molecule has 7 nitrogen and oxygen atoms in total. The molecule has 1 heterocycles. The molecule has 0 aliphatic carbocycles. The Balaban J connectivity index is 1.87. The lowest BCUT2D eigenvalue weighted by molar-refractivity contribution is -0.0436. The van der Waals surface area contributed by atoms with Crippen molar-refractivity contribution in [3.63, 3.8) is 0 Å². The summed E-state index contributed by atoms with van der Waals surface area (Å²) in [7, 11) is -5.37. The number of rotatable bonds is 5. The van der Waals surface area contributed by atoms with E-state index < -0.39 is 26.3 Å². The van der Waals surface area contributed by atoms with Gasteiger partial charge in [-0.05, 0) is 30.7 Å². The van der Waals surface area contributed by atoms with Crippen LogP contribution in [0.5, 0.6) is 5.75 Å². The number of alkyl halides is 3. The maximum atomic E-state index is 12.4. The molecule has 0 aromatic heterocycles. The second kappa shape index (κ2) is 7.48. The minimum absolute atomic E-state index is 0.0882. The lowest BCUT2D eigenvalue weighted by atomic mass is 10.1. The van der Waals surface area contributed by atoms with Gasteiger partial charge in [0.2, 0.25) is 0 Å². The summed E-state index contributed by atoms with van der Waals surface area (Å²) in [5.41, 5.74) is -5.35. The van der Waals surface area contributed by atoms with Crippen molar-refractivity contribution in [2.45, 2.75) is 22.9 Å². The van der Waals surface area contributed by atoms with Crippen molar-refractivity contribution < 1.29 is 36.2 Å². The first kappa shape index (κ1) is 19.3. The average molecular weight is 382 g/mol. The summed E-state index contributed by atoms with van der Waals surface area (Å²) < 4.78 is 65.2. The van der Waals surface area contributed by atoms with Crippen LogP contribution in [0, 0.1) is 0 Å². The maximum absolute atomic E-state index is 12.4. The SMILES string of the molecule is O=C(O)N1CCN[C@H](CCOc2ccc(S(=O)(=O)C(F)(F)F)cc2)C1. The van der Waals surface area contributed by atoms with Crippen LogP contribution in [0.3, 0.4) is 0 Å². The number of benzene rings is 1. The number of carbonyl (C=O) groups is 1. The highest BCUT2D eigenvalue weighted by Gasteiger charge is 2.46. The summed E-state index contributed by atoms with van der Waals surface area (Å²) in [5.74, 6) is 0.229. The molecular weight excluding hydrogens is 365 g/mol. The average Bonchev–Trinajstić information content (AvgIpc) is 2.54. The van der Waals surface area contributed by atoms with E-state index in [1.807, 2.05) is 0 Å². The van der Waals surface area contributed by atoms with Gasteiger partial charge in [-0.2, -0.15) is 13.2 Å². The first-order valence-electron chi connectivity index (χ1n) is 7.37. The largest absolute Gasteiger partial charge is 0.501 e. The van der Waals surface area contributed by atoms with Gasteiger partial charge in [0.05, 0.1) is 11.5 Å². The van der Waals surface area contributed by atoms with E-state index in [1.54, 1.807) is 0 Å². The van der Waals surface area contributed by atoms with E-state index in [0.717, 1.165) is 24.3 Å². The van der Waals surface area contributed by atoms with Crippen molar-refractivity contribution in [3.05, 3.63) is 24.3 Å². The minimum Gasteiger partial charge on any atom is -0.494 e. The van der Waals surface area contributed by atoms with E-state index >= 15 is 0 Å². The second-order valence-electron chi connectivity index (χ2n) is 5.44. The number of hydrogen-bond donors (Lipinski definition) is 2. The van der Waals surface area contributed by atoms with Crippen LogP contribution in [0.25, 0.3) is 0 Å². The highest BCUT2D eigenvalue weighted by molar-refractivity contribution is 7.92. The summed E-state index contributed by atoms with van der Waals surface area (Å²) in [6, 6.07) is 3.88. The van der Waals surface area contributed by atoms with Crippen LogP contribution in [0.15, 0.2) is 29.2 Å². The van der Waals surface area contributed by atoms with E-state index in [0.29, 0.717) is 26.1 Å². The summed E-state index contributed by atoms with van der Waals surface area (Å²) in [6.07, 6.45) is -0.499. The van der Waals surface area contributed by atoms with Gasteiger partial charge in [-0.15, -0.1) is 0 Å². The fourth-order valence-electron chi connectivity index (χ4n) is 2.36. The summed E-state index contributed by atoms with van der Waals surface area (Å²) in [5, 5.41) is 12.1. The van der Waals surface area contributed by atoms with Crippen LogP contribution in [-0.2, 0) is 9.84 Å². The number of nitrogens with one attached hydrogen (secondary N) is 1. The number of nitrogens with zero attached hydrogens (tertiary/aromatic N) is 1. The van der Waals surface area contributed by atoms with Gasteiger partial charge in [0.1, 0.15) is 5.75 Å². The molecule has 1 amide bonds. The molecule has 2 N–H and O–H groups in total. The monoisotopic (exact) mass is 382 g/mol. The highest BCUT2D eigenvalue weighted by Crippen LogP contribution is 2.30. The first-order chi connectivity index (χ1) is 11.6. The topological polar surface area (TPSA) is 95.9 Å². The summed E-state index contributed by atoms with van der Waals surface area (Å²) in [4.78, 5) is 11.4. The Morgan fingerprint density at radius 2 is 1.96 bits per heavy atom. The molecule has 1 fully saturated rings. The number of ether oxygens (including phenoxy) is 1. The molecule has 1 aromatic rings. The number of hydrogen-bond acceptors (Lipinski definition) is 5. The number of halogens is 3. The molecule has 0 saturated carbocycles. The van der Waals surface area contributed by atoms with Crippen LogP contribution < -0.4 is 10.1 Å². The van der Waals surface area contributed by atoms with Gasteiger partial charge in [-0.25, -0.2) is 13.2 Å². The van der Waals surface area contributed by atoms with Gasteiger partial charge < -0.3 is 20.1 Å². The highest BCUT2D eigenvalue weighted by atomic mass is 32.2. The predicted octanol–water partition coefficient (Wildman–Crippen LogP) is 1.70. The molecule has 2 rings (SSSR count). The molecule has 1 aliphatic heterocycles. The maximum Gasteiger partial charge on any atom is 0.501 e. The van der Waals surface area contributed by atoms with Crippen molar-refractivity contribution in [2.75, 3.05) is 26.2 Å². The quantitative estimate of drug-likeness (QED) is 0.805. The zero-order valence-electron chi connectivity index (χ0n) is 13.0. The first-order valence-corrected chi connectivity index (χ1v) is 8.85. The molecule has 1 aromatic carbocycles. The Bertz CT molecular complexity index is 706.